The van der Waals surface area contributed by atoms with Gasteiger partial charge in [-0.25, -0.2) is 4.52 Å². The van der Waals surface area contributed by atoms with Gasteiger partial charge in [-0.05, 0) is 12.1 Å². The van der Waals surface area contributed by atoms with Crippen LogP contribution in [0.2, 0.25) is 0 Å². The zero-order valence-corrected chi connectivity index (χ0v) is 6.94. The van der Waals surface area contributed by atoms with Gasteiger partial charge in [0.2, 0.25) is 5.95 Å². The van der Waals surface area contributed by atoms with Crippen LogP contribution in [0.3, 0.4) is 0 Å². The van der Waals surface area contributed by atoms with Crippen molar-refractivity contribution in [3.05, 3.63) is 24.4 Å². The van der Waals surface area contributed by atoms with Crippen LogP contribution in [0.15, 0.2) is 24.4 Å². The normalized spacial score (nSPS) is 9.77. The topological polar surface area (TPSA) is 42.2 Å². The highest BCUT2D eigenvalue weighted by atomic mass is 15.3. The molecule has 0 spiro atoms. The lowest BCUT2D eigenvalue weighted by molar-refractivity contribution is 0.960. The maximum absolute atomic E-state index is 5.10. The van der Waals surface area contributed by atoms with Crippen LogP contribution in [0.1, 0.15) is 0 Å². The lowest BCUT2D eigenvalue weighted by atomic mass is 10.5. The van der Waals surface area contributed by atoms with Crippen molar-refractivity contribution in [2.45, 2.75) is 0 Å². The summed E-state index contributed by atoms with van der Waals surface area (Å²) in [7, 11) is 0. The van der Waals surface area contributed by atoms with E-state index in [1.807, 2.05) is 24.4 Å². The van der Waals surface area contributed by atoms with Gasteiger partial charge in [0, 0.05) is 6.20 Å². The second-order valence-corrected chi connectivity index (χ2v) is 2.50. The summed E-state index contributed by atoms with van der Waals surface area (Å²) in [6.07, 6.45) is 6.93. The molecule has 0 radical (unpaired) electrons. The number of terminal acetylenes is 1. The quantitative estimate of drug-likeness (QED) is 0.680. The van der Waals surface area contributed by atoms with E-state index >= 15 is 0 Å². The predicted octanol–water partition coefficient (Wildman–Crippen LogP) is 0.774. The highest BCUT2D eigenvalue weighted by Crippen LogP contribution is 2.03. The fourth-order valence-corrected chi connectivity index (χ4v) is 1.04. The second kappa shape index (κ2) is 3.15. The Morgan fingerprint density at radius 1 is 1.54 bits per heavy atom. The van der Waals surface area contributed by atoms with Crippen molar-refractivity contribution in [1.29, 1.82) is 0 Å². The monoisotopic (exact) mass is 172 g/mol. The van der Waals surface area contributed by atoms with Crippen LogP contribution in [0.25, 0.3) is 5.65 Å². The second-order valence-electron chi connectivity index (χ2n) is 2.50. The van der Waals surface area contributed by atoms with Gasteiger partial charge in [0.15, 0.2) is 5.65 Å². The first-order chi connectivity index (χ1) is 6.40. The van der Waals surface area contributed by atoms with Gasteiger partial charge in [-0.1, -0.05) is 12.0 Å². The largest absolute Gasteiger partial charge is 0.342 e. The smallest absolute Gasteiger partial charge is 0.243 e. The summed E-state index contributed by atoms with van der Waals surface area (Å²) in [5.74, 6) is 3.02. The standard InChI is InChI=1S/C9H8N4/c1-2-6-10-9-11-8-5-3-4-7-13(8)12-9/h1,3-5,7H,6H2,(H,10,12). The van der Waals surface area contributed by atoms with Crippen LogP contribution in [-0.2, 0) is 0 Å². The Morgan fingerprint density at radius 3 is 3.23 bits per heavy atom. The summed E-state index contributed by atoms with van der Waals surface area (Å²) in [6.45, 7) is 0.441. The molecule has 2 aromatic heterocycles. The van der Waals surface area contributed by atoms with Gasteiger partial charge in [-0.3, -0.25) is 0 Å². The Balaban J connectivity index is 2.34. The van der Waals surface area contributed by atoms with Gasteiger partial charge < -0.3 is 5.32 Å². The number of pyridine rings is 1. The van der Waals surface area contributed by atoms with Crippen LogP contribution in [0.5, 0.6) is 0 Å². The molecule has 4 heteroatoms. The Kier molecular flexibility index (Phi) is 1.85. The molecule has 64 valence electrons. The zero-order chi connectivity index (χ0) is 9.10. The van der Waals surface area contributed by atoms with Crippen LogP contribution >= 0.6 is 0 Å². The lowest BCUT2D eigenvalue weighted by Crippen LogP contribution is -1.99. The number of anilines is 1. The highest BCUT2D eigenvalue weighted by molar-refractivity contribution is 5.43. The summed E-state index contributed by atoms with van der Waals surface area (Å²) in [4.78, 5) is 4.20. The average molecular weight is 172 g/mol. The van der Waals surface area contributed by atoms with Crippen molar-refractivity contribution in [1.82, 2.24) is 14.6 Å². The number of aromatic nitrogens is 3. The Hall–Kier alpha value is -2.02. The number of nitrogens with one attached hydrogen (secondary N) is 1. The molecule has 0 atom stereocenters. The van der Waals surface area contributed by atoms with Gasteiger partial charge in [0.25, 0.3) is 0 Å². The van der Waals surface area contributed by atoms with Crippen molar-refractivity contribution >= 4 is 11.6 Å². The molecule has 0 saturated heterocycles. The molecule has 0 amide bonds. The van der Waals surface area contributed by atoms with Crippen LogP contribution in [0, 0.1) is 12.3 Å². The van der Waals surface area contributed by atoms with Gasteiger partial charge in [0.1, 0.15) is 0 Å². The lowest BCUT2D eigenvalue weighted by Gasteiger charge is -1.90. The molecule has 13 heavy (non-hydrogen) atoms. The van der Waals surface area contributed by atoms with Crippen molar-refractivity contribution < 1.29 is 0 Å². The molecule has 2 rings (SSSR count). The third kappa shape index (κ3) is 1.44. The SMILES string of the molecule is C#CCNc1nc2ccccn2n1. The summed E-state index contributed by atoms with van der Waals surface area (Å²) in [5.41, 5.74) is 0.807. The number of rotatable bonds is 2. The van der Waals surface area contributed by atoms with E-state index in [9.17, 15) is 0 Å². The molecule has 0 saturated carbocycles. The summed E-state index contributed by atoms with van der Waals surface area (Å²) in [5, 5.41) is 7.05. The highest BCUT2D eigenvalue weighted by Gasteiger charge is 1.99. The summed E-state index contributed by atoms with van der Waals surface area (Å²) in [6, 6.07) is 5.69. The Morgan fingerprint density at radius 2 is 2.46 bits per heavy atom. The third-order valence-corrected chi connectivity index (χ3v) is 1.59. The average Bonchev–Trinajstić information content (AvgIpc) is 2.57. The van der Waals surface area contributed by atoms with E-state index in [2.05, 4.69) is 21.3 Å². The molecule has 0 bridgehead atoms. The van der Waals surface area contributed by atoms with Gasteiger partial charge in [-0.15, -0.1) is 11.5 Å². The van der Waals surface area contributed by atoms with E-state index in [1.165, 1.54) is 0 Å². The van der Waals surface area contributed by atoms with Gasteiger partial charge in [-0.2, -0.15) is 4.98 Å². The van der Waals surface area contributed by atoms with Crippen molar-refractivity contribution in [2.24, 2.45) is 0 Å². The van der Waals surface area contributed by atoms with E-state index in [-0.39, 0.29) is 0 Å². The maximum atomic E-state index is 5.10. The van der Waals surface area contributed by atoms with E-state index < -0.39 is 0 Å². The first-order valence-electron chi connectivity index (χ1n) is 3.89. The molecule has 4 nitrogen and oxygen atoms in total. The summed E-state index contributed by atoms with van der Waals surface area (Å²) < 4.78 is 1.69. The fourth-order valence-electron chi connectivity index (χ4n) is 1.04. The Bertz CT molecular complexity index is 419. The molecule has 0 aliphatic heterocycles. The summed E-state index contributed by atoms with van der Waals surface area (Å²) >= 11 is 0. The molecule has 0 fully saturated rings. The minimum Gasteiger partial charge on any atom is -0.342 e. The number of hydrogen-bond acceptors (Lipinski definition) is 3. The minimum atomic E-state index is 0.441. The molecule has 0 aromatic carbocycles. The maximum Gasteiger partial charge on any atom is 0.243 e. The van der Waals surface area contributed by atoms with Gasteiger partial charge >= 0.3 is 0 Å². The molecular formula is C9H8N4. The van der Waals surface area contributed by atoms with Gasteiger partial charge in [0.05, 0.1) is 6.54 Å². The number of nitrogens with zero attached hydrogens (tertiary/aromatic N) is 3. The molecule has 1 N–H and O–H groups in total. The van der Waals surface area contributed by atoms with Crippen LogP contribution in [-0.4, -0.2) is 21.1 Å². The van der Waals surface area contributed by atoms with Crippen molar-refractivity contribution in [3.63, 3.8) is 0 Å². The van der Waals surface area contributed by atoms with Crippen molar-refractivity contribution in [2.75, 3.05) is 11.9 Å². The number of fused-ring (bicyclic) bond motifs is 1. The van der Waals surface area contributed by atoms with E-state index in [0.29, 0.717) is 12.5 Å². The first kappa shape index (κ1) is 7.62. The van der Waals surface area contributed by atoms with Crippen LogP contribution < -0.4 is 5.32 Å². The van der Waals surface area contributed by atoms with Crippen molar-refractivity contribution in [3.8, 4) is 12.3 Å². The number of hydrogen-bond donors (Lipinski definition) is 1. The van der Waals surface area contributed by atoms with E-state index in [0.717, 1.165) is 5.65 Å². The molecule has 0 unspecified atom stereocenters. The molecule has 2 aromatic rings. The molecular weight excluding hydrogens is 164 g/mol. The predicted molar refractivity (Wildman–Crippen MR) is 50.3 cm³/mol. The zero-order valence-electron chi connectivity index (χ0n) is 6.94. The Labute approximate surface area is 75.6 Å². The third-order valence-electron chi connectivity index (χ3n) is 1.59. The molecule has 2 heterocycles. The minimum absolute atomic E-state index is 0.441. The molecule has 0 aliphatic rings. The van der Waals surface area contributed by atoms with E-state index in [4.69, 9.17) is 6.42 Å². The van der Waals surface area contributed by atoms with Crippen LogP contribution in [0.4, 0.5) is 5.95 Å². The first-order valence-corrected chi connectivity index (χ1v) is 3.89. The molecule has 0 aliphatic carbocycles. The van der Waals surface area contributed by atoms with E-state index in [1.54, 1.807) is 4.52 Å². The fraction of sp³-hybridized carbons (Fsp3) is 0.111.